The van der Waals surface area contributed by atoms with Crippen LogP contribution in [0.5, 0.6) is 5.88 Å². The van der Waals surface area contributed by atoms with Gasteiger partial charge in [0.2, 0.25) is 17.7 Å². The highest BCUT2D eigenvalue weighted by atomic mass is 16.5. The molecule has 1 aliphatic heterocycles. The van der Waals surface area contributed by atoms with Crippen molar-refractivity contribution in [1.82, 2.24) is 14.9 Å². The van der Waals surface area contributed by atoms with Crippen LogP contribution in [0.4, 0.5) is 5.95 Å². The fraction of sp³-hybridized carbons (Fsp3) is 0.500. The second-order valence-corrected chi connectivity index (χ2v) is 4.60. The van der Waals surface area contributed by atoms with Crippen molar-refractivity contribution in [2.75, 3.05) is 25.0 Å². The first-order chi connectivity index (χ1) is 9.72. The third kappa shape index (κ3) is 3.69. The summed E-state index contributed by atoms with van der Waals surface area (Å²) in [6.45, 7) is 7.47. The molecule has 0 atom stereocenters. The Morgan fingerprint density at radius 2 is 2.35 bits per heavy atom. The number of nitrogens with one attached hydrogen (secondary N) is 1. The Balaban J connectivity index is 1.87. The van der Waals surface area contributed by atoms with Gasteiger partial charge in [0.25, 0.3) is 0 Å². The summed E-state index contributed by atoms with van der Waals surface area (Å²) >= 11 is 0. The lowest BCUT2D eigenvalue weighted by Crippen LogP contribution is -2.41. The predicted molar refractivity (Wildman–Crippen MR) is 76.6 cm³/mol. The normalized spacial score (nSPS) is 15.8. The van der Waals surface area contributed by atoms with Crippen molar-refractivity contribution in [2.45, 2.75) is 25.8 Å². The Morgan fingerprint density at radius 1 is 1.60 bits per heavy atom. The first kappa shape index (κ1) is 14.3. The Labute approximate surface area is 118 Å². The van der Waals surface area contributed by atoms with Gasteiger partial charge in [0.05, 0.1) is 6.61 Å². The molecule has 1 aromatic heterocycles. The van der Waals surface area contributed by atoms with Gasteiger partial charge in [-0.3, -0.25) is 4.79 Å². The van der Waals surface area contributed by atoms with Crippen molar-refractivity contribution in [3.8, 4) is 5.88 Å². The van der Waals surface area contributed by atoms with Gasteiger partial charge in [-0.2, -0.15) is 4.98 Å². The van der Waals surface area contributed by atoms with Crippen LogP contribution in [0, 0.1) is 0 Å². The van der Waals surface area contributed by atoms with E-state index in [1.807, 2.05) is 11.8 Å². The second-order valence-electron chi connectivity index (χ2n) is 4.60. The molecule has 0 aliphatic carbocycles. The average molecular weight is 276 g/mol. The van der Waals surface area contributed by atoms with Gasteiger partial charge in [0.15, 0.2) is 0 Å². The fourth-order valence-corrected chi connectivity index (χ4v) is 2.20. The van der Waals surface area contributed by atoms with Crippen LogP contribution in [0.25, 0.3) is 0 Å². The van der Waals surface area contributed by atoms with Crippen LogP contribution in [-0.4, -0.2) is 46.5 Å². The molecule has 0 bridgehead atoms. The Kier molecular flexibility index (Phi) is 4.92. The zero-order valence-electron chi connectivity index (χ0n) is 11.7. The maximum atomic E-state index is 11.5. The third-order valence-corrected chi connectivity index (χ3v) is 3.24. The molecule has 1 aliphatic rings. The number of piperidine rings is 1. The summed E-state index contributed by atoms with van der Waals surface area (Å²) in [6.07, 6.45) is 4.79. The number of likely N-dealkylation sites (tertiary alicyclic amines) is 1. The average Bonchev–Trinajstić information content (AvgIpc) is 2.48. The minimum atomic E-state index is -0.00181. The molecule has 2 heterocycles. The lowest BCUT2D eigenvalue weighted by Gasteiger charge is -2.31. The lowest BCUT2D eigenvalue weighted by molar-refractivity contribution is -0.126. The van der Waals surface area contributed by atoms with Gasteiger partial charge in [0, 0.05) is 31.4 Å². The van der Waals surface area contributed by atoms with Crippen molar-refractivity contribution < 1.29 is 9.53 Å². The predicted octanol–water partition coefficient (Wildman–Crippen LogP) is 1.46. The van der Waals surface area contributed by atoms with Crippen LogP contribution in [0.3, 0.4) is 0 Å². The summed E-state index contributed by atoms with van der Waals surface area (Å²) in [7, 11) is 0. The number of aromatic nitrogens is 2. The van der Waals surface area contributed by atoms with Crippen molar-refractivity contribution in [2.24, 2.45) is 0 Å². The summed E-state index contributed by atoms with van der Waals surface area (Å²) in [5.41, 5.74) is 0. The van der Waals surface area contributed by atoms with Gasteiger partial charge in [0.1, 0.15) is 0 Å². The largest absolute Gasteiger partial charge is 0.478 e. The molecular weight excluding hydrogens is 256 g/mol. The number of rotatable bonds is 5. The highest BCUT2D eigenvalue weighted by Crippen LogP contribution is 2.16. The van der Waals surface area contributed by atoms with E-state index in [9.17, 15) is 4.79 Å². The standard InChI is InChI=1S/C14H20N4O2/c1-3-13(19)18-9-6-11(7-10-18)16-14-15-8-5-12(17-14)20-4-2/h3,5,8,11H,1,4,6-7,9-10H2,2H3,(H,15,16,17). The molecule has 0 saturated carbocycles. The molecule has 1 saturated heterocycles. The summed E-state index contributed by atoms with van der Waals surface area (Å²) in [4.78, 5) is 21.8. The molecule has 0 radical (unpaired) electrons. The first-order valence-corrected chi connectivity index (χ1v) is 6.86. The molecule has 1 fully saturated rings. The van der Waals surface area contributed by atoms with Crippen LogP contribution in [-0.2, 0) is 4.79 Å². The maximum absolute atomic E-state index is 11.5. The van der Waals surface area contributed by atoms with Crippen molar-refractivity contribution in [1.29, 1.82) is 0 Å². The fourth-order valence-electron chi connectivity index (χ4n) is 2.20. The summed E-state index contributed by atoms with van der Waals surface area (Å²) in [6, 6.07) is 2.01. The van der Waals surface area contributed by atoms with E-state index in [1.54, 1.807) is 12.3 Å². The lowest BCUT2D eigenvalue weighted by atomic mass is 10.1. The highest BCUT2D eigenvalue weighted by molar-refractivity contribution is 5.87. The number of carbonyl (C=O) groups is 1. The topological polar surface area (TPSA) is 67.4 Å². The van der Waals surface area contributed by atoms with E-state index in [2.05, 4.69) is 21.9 Å². The first-order valence-electron chi connectivity index (χ1n) is 6.86. The Bertz CT molecular complexity index is 470. The number of ether oxygens (including phenoxy) is 1. The zero-order valence-corrected chi connectivity index (χ0v) is 11.7. The Morgan fingerprint density at radius 3 is 3.00 bits per heavy atom. The molecule has 0 spiro atoms. The van der Waals surface area contributed by atoms with Gasteiger partial charge in [-0.15, -0.1) is 0 Å². The van der Waals surface area contributed by atoms with E-state index in [4.69, 9.17) is 4.74 Å². The third-order valence-electron chi connectivity index (χ3n) is 3.24. The van der Waals surface area contributed by atoms with Crippen molar-refractivity contribution in [3.63, 3.8) is 0 Å². The minimum absolute atomic E-state index is 0.00181. The van der Waals surface area contributed by atoms with E-state index in [0.717, 1.165) is 25.9 Å². The zero-order chi connectivity index (χ0) is 14.4. The Hall–Kier alpha value is -2.11. The van der Waals surface area contributed by atoms with Gasteiger partial charge >= 0.3 is 0 Å². The number of hydrogen-bond donors (Lipinski definition) is 1. The van der Waals surface area contributed by atoms with Crippen LogP contribution >= 0.6 is 0 Å². The summed E-state index contributed by atoms with van der Waals surface area (Å²) in [5, 5.41) is 3.29. The number of carbonyl (C=O) groups excluding carboxylic acids is 1. The van der Waals surface area contributed by atoms with Gasteiger partial charge in [-0.25, -0.2) is 4.98 Å². The van der Waals surface area contributed by atoms with Crippen LogP contribution in [0.15, 0.2) is 24.9 Å². The molecule has 6 nitrogen and oxygen atoms in total. The molecular formula is C14H20N4O2. The van der Waals surface area contributed by atoms with Gasteiger partial charge < -0.3 is 15.0 Å². The van der Waals surface area contributed by atoms with E-state index < -0.39 is 0 Å². The van der Waals surface area contributed by atoms with E-state index in [0.29, 0.717) is 18.4 Å². The number of anilines is 1. The van der Waals surface area contributed by atoms with Crippen LogP contribution < -0.4 is 10.1 Å². The van der Waals surface area contributed by atoms with E-state index in [1.165, 1.54) is 6.08 Å². The quantitative estimate of drug-likeness (QED) is 0.825. The maximum Gasteiger partial charge on any atom is 0.245 e. The summed E-state index contributed by atoms with van der Waals surface area (Å²) in [5.74, 6) is 1.15. The second kappa shape index (κ2) is 6.88. The van der Waals surface area contributed by atoms with Crippen molar-refractivity contribution in [3.05, 3.63) is 24.9 Å². The van der Waals surface area contributed by atoms with Gasteiger partial charge in [-0.05, 0) is 25.8 Å². The van der Waals surface area contributed by atoms with Crippen LogP contribution in [0.2, 0.25) is 0 Å². The smallest absolute Gasteiger partial charge is 0.245 e. The molecule has 1 amide bonds. The minimum Gasteiger partial charge on any atom is -0.478 e. The van der Waals surface area contributed by atoms with Crippen molar-refractivity contribution >= 4 is 11.9 Å². The monoisotopic (exact) mass is 276 g/mol. The molecule has 20 heavy (non-hydrogen) atoms. The molecule has 0 unspecified atom stereocenters. The molecule has 0 aromatic carbocycles. The number of hydrogen-bond acceptors (Lipinski definition) is 5. The van der Waals surface area contributed by atoms with E-state index in [-0.39, 0.29) is 11.9 Å². The molecule has 108 valence electrons. The highest BCUT2D eigenvalue weighted by Gasteiger charge is 2.21. The molecule has 1 aromatic rings. The summed E-state index contributed by atoms with van der Waals surface area (Å²) < 4.78 is 5.34. The molecule has 2 rings (SSSR count). The SMILES string of the molecule is C=CC(=O)N1CCC(Nc2nccc(OCC)n2)CC1. The number of amides is 1. The molecule has 1 N–H and O–H groups in total. The number of nitrogens with zero attached hydrogens (tertiary/aromatic N) is 3. The molecule has 6 heteroatoms. The van der Waals surface area contributed by atoms with E-state index >= 15 is 0 Å². The van der Waals surface area contributed by atoms with Crippen LogP contribution in [0.1, 0.15) is 19.8 Å². The van der Waals surface area contributed by atoms with Gasteiger partial charge in [-0.1, -0.05) is 6.58 Å².